The van der Waals surface area contributed by atoms with Crippen molar-refractivity contribution >= 4 is 29.3 Å². The van der Waals surface area contributed by atoms with E-state index in [0.717, 1.165) is 16.8 Å². The highest BCUT2D eigenvalue weighted by atomic mass is 32.2. The molecule has 4 nitrogen and oxygen atoms in total. The summed E-state index contributed by atoms with van der Waals surface area (Å²) in [6, 6.07) is 15.3. The van der Waals surface area contributed by atoms with Crippen LogP contribution >= 0.6 is 11.8 Å². The highest BCUT2D eigenvalue weighted by Crippen LogP contribution is 2.42. The van der Waals surface area contributed by atoms with E-state index in [1.165, 1.54) is 5.56 Å². The van der Waals surface area contributed by atoms with E-state index < -0.39 is 6.04 Å². The molecule has 3 rings (SSSR count). The lowest BCUT2D eigenvalue weighted by Crippen LogP contribution is -2.47. The van der Waals surface area contributed by atoms with E-state index in [1.54, 1.807) is 16.7 Å². The number of rotatable bonds is 4. The molecule has 1 fully saturated rings. The van der Waals surface area contributed by atoms with E-state index in [-0.39, 0.29) is 23.1 Å². The van der Waals surface area contributed by atoms with Gasteiger partial charge in [-0.25, -0.2) is 0 Å². The fourth-order valence-electron chi connectivity index (χ4n) is 3.19. The third kappa shape index (κ3) is 4.19. The first-order valence-corrected chi connectivity index (χ1v) is 10.3. The number of aryl methyl sites for hydroxylation is 2. The molecule has 0 spiro atoms. The molecule has 27 heavy (non-hydrogen) atoms. The molecule has 0 radical (unpaired) electrons. The zero-order valence-electron chi connectivity index (χ0n) is 16.2. The Kier molecular flexibility index (Phi) is 5.90. The van der Waals surface area contributed by atoms with Crippen LogP contribution in [0.25, 0.3) is 0 Å². The van der Waals surface area contributed by atoms with Crippen molar-refractivity contribution in [3.05, 3.63) is 65.2 Å². The third-order valence-electron chi connectivity index (χ3n) is 4.91. The number of carbonyl (C=O) groups excluding carboxylic acids is 2. The maximum absolute atomic E-state index is 13.0. The van der Waals surface area contributed by atoms with E-state index in [2.05, 4.69) is 5.32 Å². The molecule has 0 aromatic heterocycles. The van der Waals surface area contributed by atoms with Gasteiger partial charge in [0.2, 0.25) is 11.8 Å². The van der Waals surface area contributed by atoms with Gasteiger partial charge in [0.15, 0.2) is 0 Å². The molecule has 5 heteroatoms. The van der Waals surface area contributed by atoms with Crippen molar-refractivity contribution in [2.75, 3.05) is 11.1 Å². The summed E-state index contributed by atoms with van der Waals surface area (Å²) in [5, 5.41) is 2.87. The second kappa shape index (κ2) is 8.17. The van der Waals surface area contributed by atoms with Gasteiger partial charge < -0.3 is 10.2 Å². The molecule has 2 amide bonds. The Bertz CT molecular complexity index is 835. The number of nitrogens with zero attached hydrogens (tertiary/aromatic N) is 1. The van der Waals surface area contributed by atoms with Crippen molar-refractivity contribution in [2.24, 2.45) is 5.92 Å². The van der Waals surface area contributed by atoms with Gasteiger partial charge in [-0.1, -0.05) is 50.2 Å². The first-order chi connectivity index (χ1) is 12.9. The van der Waals surface area contributed by atoms with Gasteiger partial charge in [0.25, 0.3) is 0 Å². The van der Waals surface area contributed by atoms with Crippen LogP contribution in [0.2, 0.25) is 0 Å². The van der Waals surface area contributed by atoms with Crippen molar-refractivity contribution in [1.82, 2.24) is 4.90 Å². The summed E-state index contributed by atoms with van der Waals surface area (Å²) in [5.41, 5.74) is 4.14. The number of benzene rings is 2. The summed E-state index contributed by atoms with van der Waals surface area (Å²) in [7, 11) is 0. The van der Waals surface area contributed by atoms with Crippen LogP contribution < -0.4 is 5.32 Å². The largest absolute Gasteiger partial charge is 0.324 e. The van der Waals surface area contributed by atoms with Gasteiger partial charge in [0.1, 0.15) is 11.4 Å². The fourth-order valence-corrected chi connectivity index (χ4v) is 4.63. The SMILES string of the molecule is Cc1ccc(NC(=O)C2CSC(c3ccccc3)N2C(=O)C(C)C)cc1C. The predicted octanol–water partition coefficient (Wildman–Crippen LogP) is 4.54. The van der Waals surface area contributed by atoms with Crippen molar-refractivity contribution in [3.8, 4) is 0 Å². The van der Waals surface area contributed by atoms with E-state index in [4.69, 9.17) is 0 Å². The first-order valence-electron chi connectivity index (χ1n) is 9.25. The number of nitrogens with one attached hydrogen (secondary N) is 1. The van der Waals surface area contributed by atoms with Crippen LogP contribution in [0.1, 0.15) is 35.9 Å². The van der Waals surface area contributed by atoms with Gasteiger partial charge in [-0.2, -0.15) is 0 Å². The molecule has 1 N–H and O–H groups in total. The molecule has 2 unspecified atom stereocenters. The molecule has 2 aromatic carbocycles. The lowest BCUT2D eigenvalue weighted by molar-refractivity contribution is -0.140. The summed E-state index contributed by atoms with van der Waals surface area (Å²) >= 11 is 1.65. The number of thioether (sulfide) groups is 1. The maximum Gasteiger partial charge on any atom is 0.248 e. The van der Waals surface area contributed by atoms with Crippen LogP contribution in [0, 0.1) is 19.8 Å². The van der Waals surface area contributed by atoms with Crippen LogP contribution in [0.15, 0.2) is 48.5 Å². The predicted molar refractivity (Wildman–Crippen MR) is 112 cm³/mol. The Morgan fingerprint density at radius 2 is 1.78 bits per heavy atom. The van der Waals surface area contributed by atoms with Crippen molar-refractivity contribution < 1.29 is 9.59 Å². The first kappa shape index (κ1) is 19.5. The van der Waals surface area contributed by atoms with Gasteiger partial charge in [-0.15, -0.1) is 11.8 Å². The van der Waals surface area contributed by atoms with Crippen molar-refractivity contribution in [2.45, 2.75) is 39.1 Å². The number of hydrogen-bond acceptors (Lipinski definition) is 3. The van der Waals surface area contributed by atoms with Gasteiger partial charge in [-0.05, 0) is 42.7 Å². The summed E-state index contributed by atoms with van der Waals surface area (Å²) in [4.78, 5) is 27.7. The summed E-state index contributed by atoms with van der Waals surface area (Å²) < 4.78 is 0. The molecule has 0 bridgehead atoms. The highest BCUT2D eigenvalue weighted by molar-refractivity contribution is 7.99. The van der Waals surface area contributed by atoms with Gasteiger partial charge >= 0.3 is 0 Å². The Balaban J connectivity index is 1.85. The van der Waals surface area contributed by atoms with E-state index in [9.17, 15) is 9.59 Å². The average Bonchev–Trinajstić information content (AvgIpc) is 3.09. The van der Waals surface area contributed by atoms with Gasteiger partial charge in [0, 0.05) is 17.4 Å². The zero-order valence-corrected chi connectivity index (χ0v) is 17.0. The average molecular weight is 383 g/mol. The monoisotopic (exact) mass is 382 g/mol. The highest BCUT2D eigenvalue weighted by Gasteiger charge is 2.42. The van der Waals surface area contributed by atoms with E-state index >= 15 is 0 Å². The normalized spacial score (nSPS) is 19.4. The lowest BCUT2D eigenvalue weighted by atomic mass is 10.1. The van der Waals surface area contributed by atoms with E-state index in [0.29, 0.717) is 5.75 Å². The number of anilines is 1. The summed E-state index contributed by atoms with van der Waals surface area (Å²) in [5.74, 6) is 0.313. The number of amides is 2. The Labute approximate surface area is 165 Å². The molecule has 0 aliphatic carbocycles. The maximum atomic E-state index is 13.0. The Hall–Kier alpha value is -2.27. The third-order valence-corrected chi connectivity index (χ3v) is 6.23. The standard InChI is InChI=1S/C22H26N2O2S/c1-14(2)21(26)24-19(13-27-22(24)17-8-6-5-7-9-17)20(25)23-18-11-10-15(3)16(4)12-18/h5-12,14,19,22H,13H2,1-4H3,(H,23,25). The molecule has 1 heterocycles. The molecule has 1 aliphatic heterocycles. The molecule has 2 atom stereocenters. The quantitative estimate of drug-likeness (QED) is 0.844. The van der Waals surface area contributed by atoms with Crippen LogP contribution in [-0.4, -0.2) is 28.5 Å². The summed E-state index contributed by atoms with van der Waals surface area (Å²) in [6.45, 7) is 7.83. The molecule has 1 saturated heterocycles. The Morgan fingerprint density at radius 3 is 2.41 bits per heavy atom. The number of hydrogen-bond donors (Lipinski definition) is 1. The molecule has 2 aromatic rings. The minimum absolute atomic E-state index is 0.00842. The van der Waals surface area contributed by atoms with Crippen LogP contribution in [0.4, 0.5) is 5.69 Å². The van der Waals surface area contributed by atoms with Gasteiger partial charge in [-0.3, -0.25) is 9.59 Å². The minimum Gasteiger partial charge on any atom is -0.324 e. The zero-order chi connectivity index (χ0) is 19.6. The second-order valence-electron chi connectivity index (χ2n) is 7.30. The van der Waals surface area contributed by atoms with Crippen molar-refractivity contribution in [1.29, 1.82) is 0 Å². The van der Waals surface area contributed by atoms with Gasteiger partial charge in [0.05, 0.1) is 0 Å². The van der Waals surface area contributed by atoms with Crippen LogP contribution in [0.3, 0.4) is 0 Å². The Morgan fingerprint density at radius 1 is 1.07 bits per heavy atom. The summed E-state index contributed by atoms with van der Waals surface area (Å²) in [6.07, 6.45) is 0. The van der Waals surface area contributed by atoms with Crippen LogP contribution in [-0.2, 0) is 9.59 Å². The lowest BCUT2D eigenvalue weighted by Gasteiger charge is -2.30. The molecular formula is C22H26N2O2S. The molecule has 142 valence electrons. The number of carbonyl (C=O) groups is 2. The van der Waals surface area contributed by atoms with E-state index in [1.807, 2.05) is 76.2 Å². The molecule has 1 aliphatic rings. The van der Waals surface area contributed by atoms with Crippen LogP contribution in [0.5, 0.6) is 0 Å². The minimum atomic E-state index is -0.475. The topological polar surface area (TPSA) is 49.4 Å². The smallest absolute Gasteiger partial charge is 0.248 e. The molecule has 0 saturated carbocycles. The fraction of sp³-hybridized carbons (Fsp3) is 0.364. The second-order valence-corrected chi connectivity index (χ2v) is 8.41. The molecular weight excluding hydrogens is 356 g/mol. The van der Waals surface area contributed by atoms with Crippen molar-refractivity contribution in [3.63, 3.8) is 0 Å².